The summed E-state index contributed by atoms with van der Waals surface area (Å²) >= 11 is 0. The number of pyridine rings is 1. The van der Waals surface area contributed by atoms with Gasteiger partial charge in [0.2, 0.25) is 16.6 Å². The molecule has 0 spiro atoms. The summed E-state index contributed by atoms with van der Waals surface area (Å²) in [6.45, 7) is 2.75. The van der Waals surface area contributed by atoms with E-state index in [2.05, 4.69) is 5.32 Å². The van der Waals surface area contributed by atoms with Gasteiger partial charge in [-0.3, -0.25) is 4.79 Å². The lowest BCUT2D eigenvalue weighted by Crippen LogP contribution is -2.42. The van der Waals surface area contributed by atoms with Gasteiger partial charge in [-0.1, -0.05) is 12.1 Å². The Balaban J connectivity index is 1.80. The summed E-state index contributed by atoms with van der Waals surface area (Å²) in [5, 5.41) is 7.88. The van der Waals surface area contributed by atoms with E-state index in [0.717, 1.165) is 11.1 Å². The molecule has 122 valence electrons. The number of rotatable bonds is 6. The predicted octanol–water partition coefficient (Wildman–Crippen LogP) is 0.289. The lowest BCUT2D eigenvalue weighted by molar-refractivity contribution is -0.684. The molecule has 0 bridgehead atoms. The van der Waals surface area contributed by atoms with Crippen LogP contribution in [0.15, 0.2) is 53.7 Å². The second kappa shape index (κ2) is 7.34. The van der Waals surface area contributed by atoms with E-state index >= 15 is 0 Å². The number of nitrogens with one attached hydrogen (secondary N) is 1. The molecule has 0 fully saturated rings. The average molecular weight is 334 g/mol. The Bertz CT molecular complexity index is 769. The maximum atomic E-state index is 11.8. The molecule has 1 aromatic carbocycles. The first kappa shape index (κ1) is 17.1. The number of aryl methyl sites for hydroxylation is 1. The molecule has 0 radical (unpaired) electrons. The molecule has 1 amide bonds. The second-order valence-corrected chi connectivity index (χ2v) is 6.90. The molecular formula is C16H20N3O3S+. The monoisotopic (exact) mass is 334 g/mol. The van der Waals surface area contributed by atoms with E-state index in [9.17, 15) is 13.2 Å². The standard InChI is InChI=1S/C16H19N3O3S/c1-13-7-10-19(11-8-13)12-16(20)18-9-6-14-2-4-15(5-3-14)23(17,21)22/h2-5,7-8,10-11H,6,9,12H2,1H3,(H2-,17,18,20,21,22)/p+1. The minimum absolute atomic E-state index is 0.0694. The molecule has 6 nitrogen and oxygen atoms in total. The van der Waals surface area contributed by atoms with E-state index in [1.54, 1.807) is 12.1 Å². The van der Waals surface area contributed by atoms with Gasteiger partial charge in [-0.2, -0.15) is 4.57 Å². The van der Waals surface area contributed by atoms with Crippen LogP contribution in [0.3, 0.4) is 0 Å². The Kier molecular flexibility index (Phi) is 5.46. The summed E-state index contributed by atoms with van der Waals surface area (Å²) in [6.07, 6.45) is 4.34. The van der Waals surface area contributed by atoms with Crippen LogP contribution in [0.1, 0.15) is 11.1 Å². The molecule has 1 aromatic heterocycles. The van der Waals surface area contributed by atoms with E-state index in [1.807, 2.05) is 36.0 Å². The molecule has 0 unspecified atom stereocenters. The van der Waals surface area contributed by atoms with Crippen molar-refractivity contribution in [1.29, 1.82) is 0 Å². The van der Waals surface area contributed by atoms with Crippen LogP contribution in [0.4, 0.5) is 0 Å². The number of nitrogens with zero attached hydrogens (tertiary/aromatic N) is 1. The maximum absolute atomic E-state index is 11.8. The number of hydrogen-bond acceptors (Lipinski definition) is 3. The largest absolute Gasteiger partial charge is 0.350 e. The van der Waals surface area contributed by atoms with Gasteiger partial charge < -0.3 is 5.32 Å². The van der Waals surface area contributed by atoms with Crippen molar-refractivity contribution < 1.29 is 17.8 Å². The van der Waals surface area contributed by atoms with E-state index in [4.69, 9.17) is 5.14 Å². The first-order chi connectivity index (χ1) is 10.8. The molecule has 7 heteroatoms. The first-order valence-electron chi connectivity index (χ1n) is 7.19. The number of sulfonamides is 1. The zero-order valence-corrected chi connectivity index (χ0v) is 13.7. The number of hydrogen-bond donors (Lipinski definition) is 2. The van der Waals surface area contributed by atoms with Gasteiger partial charge >= 0.3 is 0 Å². The second-order valence-electron chi connectivity index (χ2n) is 5.34. The molecule has 2 aromatic rings. The van der Waals surface area contributed by atoms with E-state index in [1.165, 1.54) is 12.1 Å². The Hall–Kier alpha value is -2.25. The number of carbonyl (C=O) groups is 1. The van der Waals surface area contributed by atoms with Crippen LogP contribution >= 0.6 is 0 Å². The zero-order chi connectivity index (χ0) is 16.9. The number of primary sulfonamides is 1. The van der Waals surface area contributed by atoms with Gasteiger partial charge in [0.05, 0.1) is 4.90 Å². The zero-order valence-electron chi connectivity index (χ0n) is 12.9. The van der Waals surface area contributed by atoms with Gasteiger partial charge in [-0.25, -0.2) is 13.6 Å². The fraction of sp³-hybridized carbons (Fsp3) is 0.250. The smallest absolute Gasteiger partial charge is 0.285 e. The lowest BCUT2D eigenvalue weighted by atomic mass is 10.1. The third kappa shape index (κ3) is 5.46. The number of nitrogens with two attached hydrogens (primary N) is 1. The summed E-state index contributed by atoms with van der Waals surface area (Å²) in [5.74, 6) is -0.0694. The number of benzene rings is 1. The highest BCUT2D eigenvalue weighted by atomic mass is 32.2. The normalized spacial score (nSPS) is 11.2. The fourth-order valence-electron chi connectivity index (χ4n) is 2.05. The highest BCUT2D eigenvalue weighted by Crippen LogP contribution is 2.08. The van der Waals surface area contributed by atoms with Gasteiger partial charge in [-0.15, -0.1) is 0 Å². The number of aromatic nitrogens is 1. The van der Waals surface area contributed by atoms with Crippen molar-refractivity contribution in [3.05, 3.63) is 59.9 Å². The summed E-state index contributed by atoms with van der Waals surface area (Å²) in [6, 6.07) is 10.2. The summed E-state index contributed by atoms with van der Waals surface area (Å²) < 4.78 is 24.1. The maximum Gasteiger partial charge on any atom is 0.285 e. The summed E-state index contributed by atoms with van der Waals surface area (Å²) in [7, 11) is -3.66. The third-order valence-corrected chi connectivity index (χ3v) is 4.30. The predicted molar refractivity (Wildman–Crippen MR) is 85.9 cm³/mol. The van der Waals surface area contributed by atoms with Crippen LogP contribution in [-0.4, -0.2) is 20.9 Å². The quantitative estimate of drug-likeness (QED) is 0.744. The van der Waals surface area contributed by atoms with Crippen molar-refractivity contribution in [1.82, 2.24) is 5.32 Å². The topological polar surface area (TPSA) is 93.1 Å². The van der Waals surface area contributed by atoms with E-state index in [0.29, 0.717) is 13.0 Å². The molecule has 23 heavy (non-hydrogen) atoms. The lowest BCUT2D eigenvalue weighted by Gasteiger charge is -2.05. The van der Waals surface area contributed by atoms with Crippen LogP contribution in [0.25, 0.3) is 0 Å². The molecule has 1 heterocycles. The van der Waals surface area contributed by atoms with E-state index < -0.39 is 10.0 Å². The highest BCUT2D eigenvalue weighted by molar-refractivity contribution is 7.89. The highest BCUT2D eigenvalue weighted by Gasteiger charge is 2.09. The van der Waals surface area contributed by atoms with Gasteiger partial charge in [0, 0.05) is 18.7 Å². The molecular weight excluding hydrogens is 314 g/mol. The van der Waals surface area contributed by atoms with Crippen molar-refractivity contribution in [2.45, 2.75) is 24.8 Å². The van der Waals surface area contributed by atoms with Crippen molar-refractivity contribution >= 4 is 15.9 Å². The molecule has 0 aliphatic carbocycles. The molecule has 3 N–H and O–H groups in total. The third-order valence-electron chi connectivity index (χ3n) is 3.37. The van der Waals surface area contributed by atoms with Crippen molar-refractivity contribution in [2.24, 2.45) is 5.14 Å². The van der Waals surface area contributed by atoms with Crippen LogP contribution < -0.4 is 15.0 Å². The van der Waals surface area contributed by atoms with Crippen LogP contribution in [0, 0.1) is 6.92 Å². The Labute approximate surface area is 136 Å². The first-order valence-corrected chi connectivity index (χ1v) is 8.73. The van der Waals surface area contributed by atoms with Crippen molar-refractivity contribution in [3.63, 3.8) is 0 Å². The SMILES string of the molecule is Cc1cc[n+](CC(=O)NCCc2ccc(S(N)(=O)=O)cc2)cc1. The number of carbonyl (C=O) groups excluding carboxylic acids is 1. The van der Waals surface area contributed by atoms with Gasteiger partial charge in [0.25, 0.3) is 5.91 Å². The Morgan fingerprint density at radius 2 is 1.74 bits per heavy atom. The van der Waals surface area contributed by atoms with E-state index in [-0.39, 0.29) is 17.3 Å². The molecule has 0 aliphatic rings. The summed E-state index contributed by atoms with van der Waals surface area (Å²) in [5.41, 5.74) is 2.07. The average Bonchev–Trinajstić information content (AvgIpc) is 2.49. The van der Waals surface area contributed by atoms with Crippen LogP contribution in [-0.2, 0) is 27.8 Å². The fourth-order valence-corrected chi connectivity index (χ4v) is 2.57. The molecule has 0 atom stereocenters. The van der Waals surface area contributed by atoms with Crippen molar-refractivity contribution in [3.8, 4) is 0 Å². The van der Waals surface area contributed by atoms with Crippen molar-refractivity contribution in [2.75, 3.05) is 6.54 Å². The Morgan fingerprint density at radius 3 is 2.30 bits per heavy atom. The molecule has 0 saturated carbocycles. The molecule has 2 rings (SSSR count). The Morgan fingerprint density at radius 1 is 1.13 bits per heavy atom. The molecule has 0 saturated heterocycles. The minimum Gasteiger partial charge on any atom is -0.350 e. The van der Waals surface area contributed by atoms with Gasteiger partial charge in [0.1, 0.15) is 0 Å². The summed E-state index contributed by atoms with van der Waals surface area (Å²) in [4.78, 5) is 11.9. The number of amides is 1. The minimum atomic E-state index is -3.66. The van der Waals surface area contributed by atoms with Crippen LogP contribution in [0.5, 0.6) is 0 Å². The van der Waals surface area contributed by atoms with Gasteiger partial charge in [0.15, 0.2) is 12.4 Å². The van der Waals surface area contributed by atoms with Gasteiger partial charge in [-0.05, 0) is 36.6 Å². The molecule has 0 aliphatic heterocycles. The van der Waals surface area contributed by atoms with Crippen LogP contribution in [0.2, 0.25) is 0 Å².